The van der Waals surface area contributed by atoms with Crippen LogP contribution in [0.1, 0.15) is 119 Å². The standard InChI is InChI=1S/C31H45N5O2/c1-24-7-25(2)9-26(3,8-24)15-30(13-24,14-25)20(37)34-22-32-19-33-23(36-22)35-21(38)31-16-27(4)10-28(5,17-31)12-29(6,11-27)18-31/h19H,7-18H2,1-6H3,(H2,32,33,34,35,36,37,38). The van der Waals surface area contributed by atoms with Crippen LogP contribution in [0.15, 0.2) is 6.33 Å². The van der Waals surface area contributed by atoms with E-state index < -0.39 is 0 Å². The first-order chi connectivity index (χ1) is 17.5. The maximum Gasteiger partial charge on any atom is 0.234 e. The van der Waals surface area contributed by atoms with Crippen LogP contribution in [0.2, 0.25) is 0 Å². The van der Waals surface area contributed by atoms with Crippen molar-refractivity contribution in [3.8, 4) is 0 Å². The molecule has 1 aromatic rings. The Morgan fingerprint density at radius 1 is 0.526 bits per heavy atom. The van der Waals surface area contributed by atoms with E-state index in [1.807, 2.05) is 0 Å². The third kappa shape index (κ3) is 3.69. The van der Waals surface area contributed by atoms with E-state index in [0.29, 0.717) is 0 Å². The molecule has 7 nitrogen and oxygen atoms in total. The zero-order valence-corrected chi connectivity index (χ0v) is 24.2. The summed E-state index contributed by atoms with van der Waals surface area (Å²) >= 11 is 0. The van der Waals surface area contributed by atoms with Gasteiger partial charge in [0.2, 0.25) is 23.7 Å². The van der Waals surface area contributed by atoms with Gasteiger partial charge in [-0.2, -0.15) is 4.98 Å². The smallest absolute Gasteiger partial charge is 0.234 e. The number of nitrogens with zero attached hydrogens (tertiary/aromatic N) is 3. The number of hydrogen-bond acceptors (Lipinski definition) is 5. The molecule has 38 heavy (non-hydrogen) atoms. The lowest BCUT2D eigenvalue weighted by Crippen LogP contribution is -2.62. The molecule has 1 heterocycles. The van der Waals surface area contributed by atoms with Crippen LogP contribution in [0.25, 0.3) is 0 Å². The maximum atomic E-state index is 13.9. The molecule has 8 bridgehead atoms. The first kappa shape index (κ1) is 25.0. The van der Waals surface area contributed by atoms with Crippen LogP contribution < -0.4 is 10.6 Å². The highest BCUT2D eigenvalue weighted by atomic mass is 16.2. The average Bonchev–Trinajstić information content (AvgIpc) is 2.67. The Morgan fingerprint density at radius 3 is 1.05 bits per heavy atom. The second-order valence-electron chi connectivity index (χ2n) is 17.6. The fourth-order valence-corrected chi connectivity index (χ4v) is 14.0. The van der Waals surface area contributed by atoms with Crippen LogP contribution >= 0.6 is 0 Å². The van der Waals surface area contributed by atoms with Crippen molar-refractivity contribution in [2.24, 2.45) is 43.3 Å². The molecule has 8 aliphatic carbocycles. The summed E-state index contributed by atoms with van der Waals surface area (Å²) in [5.41, 5.74) is 0.562. The lowest BCUT2D eigenvalue weighted by molar-refractivity contribution is -0.188. The number of rotatable bonds is 4. The SMILES string of the molecule is CC12CC3(C)CC(C)(C1)CC(C(=O)Nc1ncnc(NC(=O)C45CC6(C)CC(C)(CC(C)(C6)C4)C5)n1)(C2)C3. The molecule has 2 amide bonds. The van der Waals surface area contributed by atoms with E-state index in [-0.39, 0.29) is 67.0 Å². The number of carbonyl (C=O) groups is 2. The van der Waals surface area contributed by atoms with E-state index >= 15 is 0 Å². The van der Waals surface area contributed by atoms with E-state index in [1.54, 1.807) is 0 Å². The van der Waals surface area contributed by atoms with Gasteiger partial charge in [-0.1, -0.05) is 41.5 Å². The van der Waals surface area contributed by atoms with Gasteiger partial charge in [0.1, 0.15) is 6.33 Å². The zero-order valence-electron chi connectivity index (χ0n) is 24.2. The Morgan fingerprint density at radius 2 is 0.789 bits per heavy atom. The molecule has 206 valence electrons. The van der Waals surface area contributed by atoms with Gasteiger partial charge >= 0.3 is 0 Å². The monoisotopic (exact) mass is 519 g/mol. The Hall–Kier alpha value is -2.05. The molecule has 2 N–H and O–H groups in total. The van der Waals surface area contributed by atoms with Crippen LogP contribution in [0.4, 0.5) is 11.9 Å². The number of carbonyl (C=O) groups excluding carboxylic acids is 2. The molecule has 8 fully saturated rings. The van der Waals surface area contributed by atoms with Crippen molar-refractivity contribution in [1.29, 1.82) is 0 Å². The molecule has 0 saturated heterocycles. The second kappa shape index (κ2) is 6.98. The Kier molecular flexibility index (Phi) is 4.59. The largest absolute Gasteiger partial charge is 0.294 e. The lowest BCUT2D eigenvalue weighted by Gasteiger charge is -2.68. The van der Waals surface area contributed by atoms with E-state index in [0.717, 1.165) is 38.5 Å². The van der Waals surface area contributed by atoms with Crippen LogP contribution in [0.5, 0.6) is 0 Å². The van der Waals surface area contributed by atoms with Crippen molar-refractivity contribution in [3.05, 3.63) is 6.33 Å². The highest BCUT2D eigenvalue weighted by Gasteiger charge is 2.67. The van der Waals surface area contributed by atoms with Gasteiger partial charge in [0.15, 0.2) is 0 Å². The van der Waals surface area contributed by atoms with Crippen molar-refractivity contribution in [1.82, 2.24) is 15.0 Å². The van der Waals surface area contributed by atoms with Crippen molar-refractivity contribution >= 4 is 23.7 Å². The molecule has 9 rings (SSSR count). The fourth-order valence-electron chi connectivity index (χ4n) is 14.0. The molecule has 8 saturated carbocycles. The summed E-state index contributed by atoms with van der Waals surface area (Å²) in [5.74, 6) is 0.568. The van der Waals surface area contributed by atoms with Gasteiger partial charge in [0, 0.05) is 0 Å². The summed E-state index contributed by atoms with van der Waals surface area (Å²) in [4.78, 5) is 40.8. The molecule has 0 radical (unpaired) electrons. The number of amides is 2. The summed E-state index contributed by atoms with van der Waals surface area (Å²) in [6, 6.07) is 0. The molecule has 7 heteroatoms. The number of aromatic nitrogens is 3. The number of nitrogens with one attached hydrogen (secondary N) is 2. The summed E-state index contributed by atoms with van der Waals surface area (Å²) in [7, 11) is 0. The van der Waals surface area contributed by atoms with Crippen molar-refractivity contribution < 1.29 is 9.59 Å². The molecule has 1 aromatic heterocycles. The van der Waals surface area contributed by atoms with Gasteiger partial charge in [-0.15, -0.1) is 0 Å². The van der Waals surface area contributed by atoms with Gasteiger partial charge < -0.3 is 0 Å². The summed E-state index contributed by atoms with van der Waals surface area (Å²) < 4.78 is 0. The molecule has 8 aliphatic rings. The van der Waals surface area contributed by atoms with Crippen molar-refractivity contribution in [3.63, 3.8) is 0 Å². The van der Waals surface area contributed by atoms with E-state index in [1.165, 1.54) is 44.9 Å². The molecule has 0 spiro atoms. The topological polar surface area (TPSA) is 96.9 Å². The van der Waals surface area contributed by atoms with Gasteiger partial charge in [-0.3, -0.25) is 20.2 Å². The lowest BCUT2D eigenvalue weighted by atomic mass is 9.36. The highest BCUT2D eigenvalue weighted by molar-refractivity contribution is 5.96. The summed E-state index contributed by atoms with van der Waals surface area (Å²) in [6.07, 6.45) is 14.3. The van der Waals surface area contributed by atoms with Gasteiger partial charge in [-0.05, 0) is 110 Å². The van der Waals surface area contributed by atoms with E-state index in [4.69, 9.17) is 0 Å². The first-order valence-corrected chi connectivity index (χ1v) is 14.8. The summed E-state index contributed by atoms with van der Waals surface area (Å²) in [6.45, 7) is 14.3. The molecule has 0 unspecified atom stereocenters. The Balaban J connectivity index is 1.10. The predicted molar refractivity (Wildman–Crippen MR) is 146 cm³/mol. The second-order valence-corrected chi connectivity index (χ2v) is 17.6. The van der Waals surface area contributed by atoms with Crippen LogP contribution in [-0.2, 0) is 9.59 Å². The molecular formula is C31H45N5O2. The zero-order chi connectivity index (χ0) is 27.0. The van der Waals surface area contributed by atoms with Crippen LogP contribution in [0, 0.1) is 43.3 Å². The molecule has 0 aliphatic heterocycles. The Bertz CT molecular complexity index is 1060. The molecular weight excluding hydrogens is 474 g/mol. The Labute approximate surface area is 227 Å². The van der Waals surface area contributed by atoms with E-state index in [9.17, 15) is 9.59 Å². The number of anilines is 2. The number of hydrogen-bond donors (Lipinski definition) is 2. The van der Waals surface area contributed by atoms with Crippen LogP contribution in [-0.4, -0.2) is 26.8 Å². The summed E-state index contributed by atoms with van der Waals surface area (Å²) in [5, 5.41) is 6.13. The minimum Gasteiger partial charge on any atom is -0.294 e. The quantitative estimate of drug-likeness (QED) is 0.472. The molecule has 0 aromatic carbocycles. The third-order valence-electron chi connectivity index (χ3n) is 11.7. The molecule has 0 atom stereocenters. The fraction of sp³-hybridized carbons (Fsp3) is 0.839. The van der Waals surface area contributed by atoms with Gasteiger partial charge in [0.05, 0.1) is 10.8 Å². The maximum absolute atomic E-state index is 13.9. The first-order valence-electron chi connectivity index (χ1n) is 14.8. The van der Waals surface area contributed by atoms with Crippen molar-refractivity contribution in [2.45, 2.75) is 119 Å². The van der Waals surface area contributed by atoms with E-state index in [2.05, 4.69) is 67.1 Å². The normalized spacial score (nSPS) is 51.7. The predicted octanol–water partition coefficient (Wildman–Crippen LogP) is 6.52. The minimum atomic E-state index is -0.372. The van der Waals surface area contributed by atoms with Crippen LogP contribution in [0.3, 0.4) is 0 Å². The minimum absolute atomic E-state index is 0.0404. The third-order valence-corrected chi connectivity index (χ3v) is 11.7. The van der Waals surface area contributed by atoms with Gasteiger partial charge in [0.25, 0.3) is 0 Å². The highest BCUT2D eigenvalue weighted by Crippen LogP contribution is 2.75. The van der Waals surface area contributed by atoms with Gasteiger partial charge in [-0.25, -0.2) is 9.97 Å². The van der Waals surface area contributed by atoms with Crippen molar-refractivity contribution in [2.75, 3.05) is 10.6 Å². The average molecular weight is 520 g/mol.